The lowest BCUT2D eigenvalue weighted by atomic mass is 10.1. The molecule has 2 fully saturated rings. The summed E-state index contributed by atoms with van der Waals surface area (Å²) in [6, 6.07) is 3.81. The Bertz CT molecular complexity index is 1100. The van der Waals surface area contributed by atoms with E-state index in [-0.39, 0.29) is 28.8 Å². The van der Waals surface area contributed by atoms with Crippen molar-refractivity contribution in [2.75, 3.05) is 39.4 Å². The van der Waals surface area contributed by atoms with Crippen molar-refractivity contribution in [1.29, 1.82) is 0 Å². The van der Waals surface area contributed by atoms with Gasteiger partial charge in [-0.25, -0.2) is 22.8 Å². The van der Waals surface area contributed by atoms with Gasteiger partial charge in [0.2, 0.25) is 10.0 Å². The van der Waals surface area contributed by atoms with E-state index in [1.54, 1.807) is 11.8 Å². The minimum Gasteiger partial charge on any atom is -0.378 e. The Balaban J connectivity index is 1.49. The molecule has 2 aliphatic heterocycles. The van der Waals surface area contributed by atoms with Gasteiger partial charge in [0.25, 0.3) is 5.91 Å². The van der Waals surface area contributed by atoms with E-state index in [9.17, 15) is 17.6 Å². The first-order chi connectivity index (χ1) is 14.8. The fourth-order valence-electron chi connectivity index (χ4n) is 3.91. The molecule has 0 spiro atoms. The van der Waals surface area contributed by atoms with Crippen molar-refractivity contribution >= 4 is 15.9 Å². The Labute approximate surface area is 181 Å². The highest BCUT2D eigenvalue weighted by Gasteiger charge is 2.35. The highest BCUT2D eigenvalue weighted by molar-refractivity contribution is 7.89. The molecule has 31 heavy (non-hydrogen) atoms. The minimum absolute atomic E-state index is 0.0793. The van der Waals surface area contributed by atoms with Crippen LogP contribution in [0.15, 0.2) is 29.3 Å². The van der Waals surface area contributed by atoms with Crippen molar-refractivity contribution in [2.45, 2.75) is 31.1 Å². The number of carbonyl (C=O) groups is 1. The number of sulfonamides is 1. The second-order valence-corrected chi connectivity index (χ2v) is 9.83. The van der Waals surface area contributed by atoms with Crippen molar-refractivity contribution in [1.82, 2.24) is 19.2 Å². The smallest absolute Gasteiger partial charge is 0.257 e. The molecule has 0 aliphatic carbocycles. The molecular weight excluding hydrogens is 423 g/mol. The van der Waals surface area contributed by atoms with Crippen LogP contribution in [0.25, 0.3) is 0 Å². The van der Waals surface area contributed by atoms with Crippen LogP contribution in [0.1, 0.15) is 39.8 Å². The van der Waals surface area contributed by atoms with Gasteiger partial charge in [0, 0.05) is 38.3 Å². The molecule has 0 saturated carbocycles. The molecular formula is C21H25FN4O4S. The van der Waals surface area contributed by atoms with Crippen LogP contribution < -0.4 is 0 Å². The van der Waals surface area contributed by atoms with E-state index >= 15 is 0 Å². The predicted molar refractivity (Wildman–Crippen MR) is 111 cm³/mol. The van der Waals surface area contributed by atoms with Crippen LogP contribution in [0.5, 0.6) is 0 Å². The Morgan fingerprint density at radius 3 is 2.61 bits per heavy atom. The summed E-state index contributed by atoms with van der Waals surface area (Å²) in [5.74, 6) is -0.185. The average Bonchev–Trinajstić information content (AvgIpc) is 3.27. The summed E-state index contributed by atoms with van der Waals surface area (Å²) in [6.07, 6.45) is 2.12. The molecule has 166 valence electrons. The van der Waals surface area contributed by atoms with E-state index in [0.717, 1.165) is 0 Å². The molecule has 0 unspecified atom stereocenters. The Morgan fingerprint density at radius 1 is 1.19 bits per heavy atom. The number of morpholine rings is 1. The van der Waals surface area contributed by atoms with Crippen LogP contribution in [0.2, 0.25) is 0 Å². The number of aromatic nitrogens is 2. The van der Waals surface area contributed by atoms with Gasteiger partial charge in [0.05, 0.1) is 29.4 Å². The summed E-state index contributed by atoms with van der Waals surface area (Å²) < 4.78 is 46.1. The monoisotopic (exact) mass is 448 g/mol. The predicted octanol–water partition coefficient (Wildman–Crippen LogP) is 1.88. The normalized spacial score (nSPS) is 20.2. The van der Waals surface area contributed by atoms with E-state index in [1.807, 2.05) is 0 Å². The molecule has 0 N–H and O–H groups in total. The SMILES string of the molecule is Cc1cc(S(=O)(=O)N2CC[C@H](c3ncc(C(=O)N4CCOCC4)c(C)n3)C2)ccc1F. The minimum atomic E-state index is -3.73. The molecule has 1 aromatic heterocycles. The molecule has 1 aromatic carbocycles. The zero-order valence-corrected chi connectivity index (χ0v) is 18.4. The number of amides is 1. The number of hydrogen-bond donors (Lipinski definition) is 0. The first-order valence-corrected chi connectivity index (χ1v) is 11.7. The number of rotatable bonds is 4. The summed E-state index contributed by atoms with van der Waals surface area (Å²) >= 11 is 0. The van der Waals surface area contributed by atoms with Gasteiger partial charge >= 0.3 is 0 Å². The molecule has 10 heteroatoms. The maximum atomic E-state index is 13.5. The second-order valence-electron chi connectivity index (χ2n) is 7.89. The third-order valence-corrected chi connectivity index (χ3v) is 7.67. The van der Waals surface area contributed by atoms with Crippen LogP contribution in [-0.2, 0) is 14.8 Å². The average molecular weight is 449 g/mol. The fourth-order valence-corrected chi connectivity index (χ4v) is 5.50. The molecule has 0 bridgehead atoms. The molecule has 3 heterocycles. The molecule has 2 saturated heterocycles. The first kappa shape index (κ1) is 21.8. The molecule has 2 aromatic rings. The van der Waals surface area contributed by atoms with Crippen molar-refractivity contribution in [2.24, 2.45) is 0 Å². The van der Waals surface area contributed by atoms with E-state index in [2.05, 4.69) is 9.97 Å². The van der Waals surface area contributed by atoms with E-state index in [4.69, 9.17) is 4.74 Å². The molecule has 8 nitrogen and oxygen atoms in total. The van der Waals surface area contributed by atoms with Gasteiger partial charge in [-0.2, -0.15) is 4.31 Å². The molecule has 1 amide bonds. The summed E-state index contributed by atoms with van der Waals surface area (Å²) in [7, 11) is -3.73. The number of halogens is 1. The third kappa shape index (κ3) is 4.32. The van der Waals surface area contributed by atoms with Crippen molar-refractivity contribution in [3.8, 4) is 0 Å². The Morgan fingerprint density at radius 2 is 1.94 bits per heavy atom. The summed E-state index contributed by atoms with van der Waals surface area (Å²) in [5, 5.41) is 0. The van der Waals surface area contributed by atoms with Crippen molar-refractivity contribution in [3.63, 3.8) is 0 Å². The summed E-state index contributed by atoms with van der Waals surface area (Å²) in [5.41, 5.74) is 1.32. The lowest BCUT2D eigenvalue weighted by Gasteiger charge is -2.27. The summed E-state index contributed by atoms with van der Waals surface area (Å²) in [4.78, 5) is 23.4. The van der Waals surface area contributed by atoms with Gasteiger partial charge in [-0.3, -0.25) is 4.79 Å². The number of hydrogen-bond acceptors (Lipinski definition) is 6. The largest absolute Gasteiger partial charge is 0.378 e. The first-order valence-electron chi connectivity index (χ1n) is 10.2. The van der Waals surface area contributed by atoms with Gasteiger partial charge in [-0.15, -0.1) is 0 Å². The van der Waals surface area contributed by atoms with E-state index in [0.29, 0.717) is 56.4 Å². The zero-order valence-electron chi connectivity index (χ0n) is 17.5. The quantitative estimate of drug-likeness (QED) is 0.709. The lowest BCUT2D eigenvalue weighted by molar-refractivity contribution is 0.0301. The van der Waals surface area contributed by atoms with Gasteiger partial charge in [0.15, 0.2) is 0 Å². The summed E-state index contributed by atoms with van der Waals surface area (Å²) in [6.45, 7) is 6.00. The van der Waals surface area contributed by atoms with E-state index < -0.39 is 15.8 Å². The fraction of sp³-hybridized carbons (Fsp3) is 0.476. The standard InChI is InChI=1S/C21H25FN4O4S/c1-14-11-17(3-4-19(14)22)31(28,29)26-6-5-16(13-26)20-23-12-18(15(2)24-20)21(27)25-7-9-30-10-8-25/h3-4,11-12,16H,5-10,13H2,1-2H3/t16-/m0/s1. The van der Waals surface area contributed by atoms with Gasteiger partial charge in [-0.05, 0) is 44.0 Å². The molecule has 2 aliphatic rings. The number of carbonyl (C=O) groups excluding carboxylic acids is 1. The van der Waals surface area contributed by atoms with Crippen LogP contribution in [0.4, 0.5) is 4.39 Å². The molecule has 4 rings (SSSR count). The second kappa shape index (κ2) is 8.60. The Kier molecular flexibility index (Phi) is 6.05. The van der Waals surface area contributed by atoms with E-state index in [1.165, 1.54) is 35.6 Å². The maximum absolute atomic E-state index is 13.5. The highest BCUT2D eigenvalue weighted by Crippen LogP contribution is 2.30. The topological polar surface area (TPSA) is 92.7 Å². The van der Waals surface area contributed by atoms with Gasteiger partial charge < -0.3 is 9.64 Å². The zero-order chi connectivity index (χ0) is 22.2. The highest BCUT2D eigenvalue weighted by atomic mass is 32.2. The van der Waals surface area contributed by atoms with Crippen molar-refractivity contribution in [3.05, 3.63) is 52.9 Å². The maximum Gasteiger partial charge on any atom is 0.257 e. The molecule has 0 radical (unpaired) electrons. The molecule has 1 atom stereocenters. The number of nitrogens with zero attached hydrogens (tertiary/aromatic N) is 4. The van der Waals surface area contributed by atoms with Crippen molar-refractivity contribution < 1.29 is 22.3 Å². The van der Waals surface area contributed by atoms with Crippen LogP contribution in [0, 0.1) is 19.7 Å². The third-order valence-electron chi connectivity index (χ3n) is 5.81. The number of ether oxygens (including phenoxy) is 1. The van der Waals surface area contributed by atoms with Gasteiger partial charge in [0.1, 0.15) is 11.6 Å². The number of benzene rings is 1. The van der Waals surface area contributed by atoms with Crippen LogP contribution in [0.3, 0.4) is 0 Å². The Hall–Kier alpha value is -2.43. The lowest BCUT2D eigenvalue weighted by Crippen LogP contribution is -2.41. The van der Waals surface area contributed by atoms with Crippen LogP contribution in [-0.4, -0.2) is 72.9 Å². The number of aryl methyl sites for hydroxylation is 2. The van der Waals surface area contributed by atoms with Crippen LogP contribution >= 0.6 is 0 Å². The van der Waals surface area contributed by atoms with Gasteiger partial charge in [-0.1, -0.05) is 0 Å².